The van der Waals surface area contributed by atoms with Crippen molar-refractivity contribution < 1.29 is 54.1 Å². The molecule has 0 spiro atoms. The van der Waals surface area contributed by atoms with E-state index in [4.69, 9.17) is 0 Å². The van der Waals surface area contributed by atoms with Gasteiger partial charge in [-0.2, -0.15) is 0 Å². The molecular formula is C36H34F10O2Sn. The van der Waals surface area contributed by atoms with Gasteiger partial charge >= 0.3 is 111 Å². The molecule has 0 N–H and O–H groups in total. The Morgan fingerprint density at radius 1 is 0.388 bits per heavy atom. The summed E-state index contributed by atoms with van der Waals surface area (Å²) < 4.78 is 113. The maximum atomic E-state index is 12.9. The Morgan fingerprint density at radius 3 is 0.796 bits per heavy atom. The molecular weight excluding hydrogens is 773 g/mol. The molecule has 2 nitrogen and oxygen atoms in total. The molecule has 0 fully saturated rings. The second-order valence-corrected chi connectivity index (χ2v) is 15.7. The minimum Gasteiger partial charge on any atom is -0.854 e. The Kier molecular flexibility index (Phi) is 17.1. The summed E-state index contributed by atoms with van der Waals surface area (Å²) in [6.07, 6.45) is -17.3. The van der Waals surface area contributed by atoms with Gasteiger partial charge < -0.3 is 10.2 Å². The number of hydrogen-bond acceptors (Lipinski definition) is 2. The van der Waals surface area contributed by atoms with Crippen LogP contribution < -0.4 is 10.2 Å². The second kappa shape index (κ2) is 19.9. The van der Waals surface area contributed by atoms with Gasteiger partial charge in [0.1, 0.15) is 0 Å². The molecule has 0 heterocycles. The van der Waals surface area contributed by atoms with E-state index in [1.54, 1.807) is 0 Å². The van der Waals surface area contributed by atoms with Crippen molar-refractivity contribution in [1.82, 2.24) is 0 Å². The van der Waals surface area contributed by atoms with Gasteiger partial charge in [-0.25, -0.2) is 0 Å². The van der Waals surface area contributed by atoms with Gasteiger partial charge in [0.15, 0.2) is 0 Å². The molecule has 13 heteroatoms. The van der Waals surface area contributed by atoms with Crippen LogP contribution in [0.5, 0.6) is 0 Å². The second-order valence-electron chi connectivity index (χ2n) is 10.8. The van der Waals surface area contributed by atoms with Crippen LogP contribution in [0.25, 0.3) is 0 Å². The van der Waals surface area contributed by atoms with E-state index in [1.807, 2.05) is 121 Å². The average molecular weight is 807 g/mol. The van der Waals surface area contributed by atoms with Crippen molar-refractivity contribution in [2.45, 2.75) is 57.7 Å². The molecule has 264 valence electrons. The van der Waals surface area contributed by atoms with Crippen LogP contribution in [0.4, 0.5) is 43.9 Å². The van der Waals surface area contributed by atoms with Crippen molar-refractivity contribution in [3.63, 3.8) is 0 Å². The first-order chi connectivity index (χ1) is 23.0. The molecule has 49 heavy (non-hydrogen) atoms. The zero-order chi connectivity index (χ0) is 36.6. The predicted octanol–water partition coefficient (Wildman–Crippen LogP) is 8.92. The number of rotatable bonds is 12. The first-order valence-electron chi connectivity index (χ1n) is 15.0. The predicted molar refractivity (Wildman–Crippen MR) is 165 cm³/mol. The maximum Gasteiger partial charge on any atom is -0.00638 e. The summed E-state index contributed by atoms with van der Waals surface area (Å²) in [6, 6.07) is 39.7. The summed E-state index contributed by atoms with van der Waals surface area (Å²) in [5.74, 6) is -0.0419. The van der Waals surface area contributed by atoms with Gasteiger partial charge in [0.2, 0.25) is 0 Å². The molecule has 4 aromatic carbocycles. The summed E-state index contributed by atoms with van der Waals surface area (Å²) >= 11 is -4.05. The zero-order valence-electron chi connectivity index (χ0n) is 26.0. The van der Waals surface area contributed by atoms with E-state index < -0.39 is 67.1 Å². The maximum absolute atomic E-state index is 12.9. The van der Waals surface area contributed by atoms with Crippen LogP contribution in [0, 0.1) is 0 Å². The van der Waals surface area contributed by atoms with Gasteiger partial charge in [-0.15, -0.1) is 13.2 Å². The van der Waals surface area contributed by atoms with Crippen LogP contribution in [0.3, 0.4) is 0 Å². The van der Waals surface area contributed by atoms with Crippen LogP contribution in [0.2, 0.25) is 0 Å². The Labute approximate surface area is 289 Å². The van der Waals surface area contributed by atoms with E-state index in [9.17, 15) is 54.1 Å². The third-order valence-electron chi connectivity index (χ3n) is 6.95. The first-order valence-corrected chi connectivity index (χ1v) is 17.8. The Hall–Kier alpha value is -3.10. The Morgan fingerprint density at radius 2 is 0.612 bits per heavy atom. The van der Waals surface area contributed by atoms with Crippen molar-refractivity contribution in [2.75, 3.05) is 13.2 Å². The summed E-state index contributed by atoms with van der Waals surface area (Å²) in [4.78, 5) is 0. The van der Waals surface area contributed by atoms with E-state index in [-0.39, 0.29) is 25.0 Å². The molecule has 0 atom stereocenters. The van der Waals surface area contributed by atoms with E-state index in [1.165, 1.54) is 0 Å². The van der Waals surface area contributed by atoms with Gasteiger partial charge in [0.05, 0.1) is 0 Å². The summed E-state index contributed by atoms with van der Waals surface area (Å²) in [7, 11) is 0. The molecule has 0 saturated carbocycles. The number of halogens is 10. The standard InChI is InChI=1S/2C14H13O.2C4H4F5.Sn/c2*15-11-14(12-7-3-1-4-8-12)13-9-5-2-6-10-13;2*5-3(6)1-2-4(7,8)9;/h2*1-10,14H,11H2;2*1-2H2;/q2*-1;;;+2. The van der Waals surface area contributed by atoms with Crippen LogP contribution in [0.15, 0.2) is 121 Å². The van der Waals surface area contributed by atoms with Crippen molar-refractivity contribution in [3.05, 3.63) is 144 Å². The van der Waals surface area contributed by atoms with E-state index in [0.29, 0.717) is 0 Å². The number of alkyl halides is 10. The fraction of sp³-hybridized carbons (Fsp3) is 0.333. The number of benzene rings is 4. The minimum absolute atomic E-state index is 0.0209. The van der Waals surface area contributed by atoms with Crippen LogP contribution in [0.1, 0.15) is 59.8 Å². The van der Waals surface area contributed by atoms with E-state index in [0.717, 1.165) is 22.3 Å². The molecule has 0 aromatic heterocycles. The molecule has 0 aliphatic rings. The normalized spacial score (nSPS) is 12.0. The number of hydrogen-bond donors (Lipinski definition) is 0. The molecule has 0 aliphatic heterocycles. The first kappa shape index (κ1) is 42.1. The summed E-state index contributed by atoms with van der Waals surface area (Å²) in [5, 5.41) is 22.5. The van der Waals surface area contributed by atoms with Crippen molar-refractivity contribution >= 4 is 21.1 Å². The van der Waals surface area contributed by atoms with Crippen molar-refractivity contribution in [2.24, 2.45) is 0 Å². The van der Waals surface area contributed by atoms with E-state index in [2.05, 4.69) is 0 Å². The molecule has 4 aromatic rings. The Bertz CT molecular complexity index is 1250. The van der Waals surface area contributed by atoms with Gasteiger partial charge in [0, 0.05) is 0 Å². The topological polar surface area (TPSA) is 46.1 Å². The van der Waals surface area contributed by atoms with Gasteiger partial charge in [0.25, 0.3) is 0 Å². The molecule has 0 unspecified atom stereocenters. The van der Waals surface area contributed by atoms with Gasteiger partial charge in [-0.05, 0) is 34.1 Å². The van der Waals surface area contributed by atoms with Crippen LogP contribution >= 0.6 is 0 Å². The average Bonchev–Trinajstić information content (AvgIpc) is 3.06. The SMILES string of the molecule is FC(F)(F)CC[C](F)(F)[Sn+2][C](F)(F)CCC(F)(F)F.[O-]CC(c1ccccc1)c1ccccc1.[O-]CC(c1ccccc1)c1ccccc1. The zero-order valence-corrected chi connectivity index (χ0v) is 28.9. The van der Waals surface area contributed by atoms with E-state index >= 15 is 0 Å². The minimum atomic E-state index is -4.91. The third kappa shape index (κ3) is 17.4. The summed E-state index contributed by atoms with van der Waals surface area (Å²) in [6.45, 7) is -0.206. The fourth-order valence-electron chi connectivity index (χ4n) is 4.50. The molecule has 0 bridgehead atoms. The molecule has 0 radical (unpaired) electrons. The smallest absolute Gasteiger partial charge is 0.00638 e. The largest absolute Gasteiger partial charge is 0.854 e. The molecule has 0 saturated heterocycles. The van der Waals surface area contributed by atoms with Crippen LogP contribution in [-0.4, -0.2) is 54.6 Å². The summed E-state index contributed by atoms with van der Waals surface area (Å²) in [5.41, 5.74) is 4.38. The van der Waals surface area contributed by atoms with Crippen molar-refractivity contribution in [3.8, 4) is 0 Å². The quantitative estimate of drug-likeness (QED) is 0.106. The molecule has 4 rings (SSSR count). The fourth-order valence-corrected chi connectivity index (χ4v) is 7.46. The molecule has 0 aliphatic carbocycles. The van der Waals surface area contributed by atoms with Crippen molar-refractivity contribution in [1.29, 1.82) is 0 Å². The third-order valence-corrected chi connectivity index (χ3v) is 10.5. The van der Waals surface area contributed by atoms with Gasteiger partial charge in [-0.3, -0.25) is 0 Å². The monoisotopic (exact) mass is 808 g/mol. The molecule has 0 amide bonds. The Balaban J connectivity index is 0.000000257. The van der Waals surface area contributed by atoms with Crippen LogP contribution in [-0.2, 0) is 0 Å². The van der Waals surface area contributed by atoms with Gasteiger partial charge in [-0.1, -0.05) is 121 Å².